The first-order chi connectivity index (χ1) is 10.7. The van der Waals surface area contributed by atoms with Crippen LogP contribution in [0.1, 0.15) is 19.0 Å². The number of hydrogen-bond donors (Lipinski definition) is 2. The Morgan fingerprint density at radius 3 is 3.14 bits per heavy atom. The molecule has 120 valence electrons. The Bertz CT molecular complexity index is 492. The smallest absolute Gasteiger partial charge is 0.238 e. The summed E-state index contributed by atoms with van der Waals surface area (Å²) >= 11 is 1.79. The van der Waals surface area contributed by atoms with Crippen molar-refractivity contribution in [3.05, 3.63) is 30.1 Å². The molecule has 0 saturated carbocycles. The fourth-order valence-electron chi connectivity index (χ4n) is 3.16. The molecule has 2 aliphatic heterocycles. The number of pyridine rings is 1. The zero-order valence-corrected chi connectivity index (χ0v) is 13.8. The molecule has 2 aliphatic rings. The summed E-state index contributed by atoms with van der Waals surface area (Å²) in [6, 6.07) is 6.33. The molecule has 22 heavy (non-hydrogen) atoms. The lowest BCUT2D eigenvalue weighted by Gasteiger charge is -2.37. The van der Waals surface area contributed by atoms with E-state index in [-0.39, 0.29) is 11.9 Å². The fourth-order valence-corrected chi connectivity index (χ4v) is 4.10. The average molecular weight is 320 g/mol. The standard InChI is InChI=1S/C16H24N4OS/c1-12-8-20(9-13-4-2-3-6-17-13)7-5-14(12)19-16(21)15-10-22-11-18-15/h2-4,6,12,14-15,18H,5,7-11H2,1H3,(H,19,21)/t12-,14-,15-/m1/s1. The van der Waals surface area contributed by atoms with Crippen molar-refractivity contribution < 1.29 is 4.79 Å². The molecule has 3 heterocycles. The van der Waals surface area contributed by atoms with Gasteiger partial charge in [0.1, 0.15) is 0 Å². The van der Waals surface area contributed by atoms with Crippen LogP contribution >= 0.6 is 11.8 Å². The first-order valence-electron chi connectivity index (χ1n) is 7.96. The number of carbonyl (C=O) groups excluding carboxylic acids is 1. The second kappa shape index (κ2) is 7.44. The first kappa shape index (κ1) is 15.8. The van der Waals surface area contributed by atoms with Gasteiger partial charge in [-0.15, -0.1) is 11.8 Å². The number of rotatable bonds is 4. The van der Waals surface area contributed by atoms with E-state index in [1.165, 1.54) is 0 Å². The highest BCUT2D eigenvalue weighted by atomic mass is 32.2. The largest absolute Gasteiger partial charge is 0.352 e. The van der Waals surface area contributed by atoms with Crippen LogP contribution in [-0.4, -0.2) is 52.6 Å². The molecule has 3 atom stereocenters. The number of aromatic nitrogens is 1. The van der Waals surface area contributed by atoms with Crippen molar-refractivity contribution in [1.82, 2.24) is 20.5 Å². The molecule has 1 aromatic heterocycles. The van der Waals surface area contributed by atoms with E-state index in [2.05, 4.69) is 33.5 Å². The molecule has 0 radical (unpaired) electrons. The van der Waals surface area contributed by atoms with Gasteiger partial charge < -0.3 is 5.32 Å². The summed E-state index contributed by atoms with van der Waals surface area (Å²) in [5.41, 5.74) is 1.12. The molecule has 0 aliphatic carbocycles. The summed E-state index contributed by atoms with van der Waals surface area (Å²) in [5.74, 6) is 2.41. The summed E-state index contributed by atoms with van der Waals surface area (Å²) in [4.78, 5) is 19.0. The molecule has 0 spiro atoms. The second-order valence-electron chi connectivity index (χ2n) is 6.21. The van der Waals surface area contributed by atoms with Crippen molar-refractivity contribution in [3.8, 4) is 0 Å². The summed E-state index contributed by atoms with van der Waals surface area (Å²) in [7, 11) is 0. The summed E-state index contributed by atoms with van der Waals surface area (Å²) in [5, 5.41) is 6.47. The Balaban J connectivity index is 1.48. The van der Waals surface area contributed by atoms with E-state index >= 15 is 0 Å². The minimum atomic E-state index is -0.0104. The van der Waals surface area contributed by atoms with Crippen molar-refractivity contribution >= 4 is 17.7 Å². The lowest BCUT2D eigenvalue weighted by molar-refractivity contribution is -0.123. The van der Waals surface area contributed by atoms with Gasteiger partial charge in [-0.1, -0.05) is 13.0 Å². The normalized spacial score (nSPS) is 29.4. The molecule has 0 aromatic carbocycles. The fraction of sp³-hybridized carbons (Fsp3) is 0.625. The third kappa shape index (κ3) is 4.00. The van der Waals surface area contributed by atoms with E-state index in [0.29, 0.717) is 12.0 Å². The number of nitrogens with zero attached hydrogens (tertiary/aromatic N) is 2. The minimum absolute atomic E-state index is 0.0104. The van der Waals surface area contributed by atoms with E-state index in [4.69, 9.17) is 0 Å². The van der Waals surface area contributed by atoms with Gasteiger partial charge in [-0.05, 0) is 24.5 Å². The summed E-state index contributed by atoms with van der Waals surface area (Å²) in [6.07, 6.45) is 2.86. The lowest BCUT2D eigenvalue weighted by Crippen LogP contribution is -2.53. The highest BCUT2D eigenvalue weighted by molar-refractivity contribution is 7.99. The average Bonchev–Trinajstić information content (AvgIpc) is 3.05. The van der Waals surface area contributed by atoms with Crippen LogP contribution in [0.15, 0.2) is 24.4 Å². The molecular weight excluding hydrogens is 296 g/mol. The molecule has 1 amide bonds. The molecule has 0 bridgehead atoms. The van der Waals surface area contributed by atoms with Gasteiger partial charge in [0.25, 0.3) is 0 Å². The number of thioether (sulfide) groups is 1. The lowest BCUT2D eigenvalue weighted by atomic mass is 9.93. The first-order valence-corrected chi connectivity index (χ1v) is 9.11. The van der Waals surface area contributed by atoms with Gasteiger partial charge in [-0.2, -0.15) is 0 Å². The van der Waals surface area contributed by atoms with Gasteiger partial charge in [0.2, 0.25) is 5.91 Å². The molecule has 2 saturated heterocycles. The number of amides is 1. The van der Waals surface area contributed by atoms with Crippen LogP contribution in [0.4, 0.5) is 0 Å². The van der Waals surface area contributed by atoms with Gasteiger partial charge in [-0.3, -0.25) is 20.0 Å². The van der Waals surface area contributed by atoms with Crippen molar-refractivity contribution in [2.45, 2.75) is 32.0 Å². The molecule has 2 fully saturated rings. The third-order valence-corrected chi connectivity index (χ3v) is 5.40. The van der Waals surface area contributed by atoms with Crippen LogP contribution < -0.4 is 10.6 Å². The Hall–Kier alpha value is -1.11. The highest BCUT2D eigenvalue weighted by Crippen LogP contribution is 2.19. The SMILES string of the molecule is C[C@@H]1CN(Cc2ccccn2)CC[C@H]1NC(=O)[C@H]1CSCN1. The molecule has 1 aromatic rings. The molecule has 0 unspecified atom stereocenters. The number of carbonyl (C=O) groups is 1. The molecular formula is C16H24N4OS. The Morgan fingerprint density at radius 1 is 1.55 bits per heavy atom. The topological polar surface area (TPSA) is 57.3 Å². The maximum absolute atomic E-state index is 12.2. The predicted molar refractivity (Wildman–Crippen MR) is 89.5 cm³/mol. The number of nitrogens with one attached hydrogen (secondary N) is 2. The molecule has 2 N–H and O–H groups in total. The minimum Gasteiger partial charge on any atom is -0.352 e. The van der Waals surface area contributed by atoms with Crippen molar-refractivity contribution in [2.24, 2.45) is 5.92 Å². The van der Waals surface area contributed by atoms with E-state index in [0.717, 1.165) is 43.4 Å². The van der Waals surface area contributed by atoms with E-state index in [1.807, 2.05) is 18.3 Å². The van der Waals surface area contributed by atoms with Gasteiger partial charge in [0.05, 0.1) is 11.7 Å². The number of hydrogen-bond acceptors (Lipinski definition) is 5. The van der Waals surface area contributed by atoms with Gasteiger partial charge in [0, 0.05) is 43.5 Å². The maximum atomic E-state index is 12.2. The van der Waals surface area contributed by atoms with Gasteiger partial charge in [0.15, 0.2) is 0 Å². The number of piperidine rings is 1. The zero-order chi connectivity index (χ0) is 15.4. The molecule has 3 rings (SSSR count). The van der Waals surface area contributed by atoms with Crippen LogP contribution in [0.2, 0.25) is 0 Å². The van der Waals surface area contributed by atoms with Crippen LogP contribution in [0.3, 0.4) is 0 Å². The number of likely N-dealkylation sites (tertiary alicyclic amines) is 1. The van der Waals surface area contributed by atoms with Crippen LogP contribution in [0.5, 0.6) is 0 Å². The van der Waals surface area contributed by atoms with Crippen molar-refractivity contribution in [1.29, 1.82) is 0 Å². The Labute approximate surface area is 136 Å². The van der Waals surface area contributed by atoms with E-state index in [9.17, 15) is 4.79 Å². The quantitative estimate of drug-likeness (QED) is 0.869. The Morgan fingerprint density at radius 2 is 2.45 bits per heavy atom. The second-order valence-corrected chi connectivity index (χ2v) is 7.24. The van der Waals surface area contributed by atoms with Crippen LogP contribution in [0, 0.1) is 5.92 Å². The summed E-state index contributed by atoms with van der Waals surface area (Å²) < 4.78 is 0. The maximum Gasteiger partial charge on any atom is 0.238 e. The van der Waals surface area contributed by atoms with Gasteiger partial charge in [-0.25, -0.2) is 0 Å². The predicted octanol–water partition coefficient (Wildman–Crippen LogP) is 1.07. The third-order valence-electron chi connectivity index (χ3n) is 4.46. The van der Waals surface area contributed by atoms with Crippen molar-refractivity contribution in [2.75, 3.05) is 24.7 Å². The molecule has 6 heteroatoms. The van der Waals surface area contributed by atoms with Crippen molar-refractivity contribution in [3.63, 3.8) is 0 Å². The van der Waals surface area contributed by atoms with Crippen LogP contribution in [0.25, 0.3) is 0 Å². The van der Waals surface area contributed by atoms with E-state index in [1.54, 1.807) is 11.8 Å². The zero-order valence-electron chi connectivity index (χ0n) is 13.0. The highest BCUT2D eigenvalue weighted by Gasteiger charge is 2.30. The monoisotopic (exact) mass is 320 g/mol. The Kier molecular flexibility index (Phi) is 5.33. The van der Waals surface area contributed by atoms with E-state index < -0.39 is 0 Å². The van der Waals surface area contributed by atoms with Crippen LogP contribution in [-0.2, 0) is 11.3 Å². The summed E-state index contributed by atoms with van der Waals surface area (Å²) in [6.45, 7) is 5.14. The van der Waals surface area contributed by atoms with Gasteiger partial charge >= 0.3 is 0 Å². The molecule has 5 nitrogen and oxygen atoms in total.